The third kappa shape index (κ3) is 5.41. The Morgan fingerprint density at radius 1 is 1.26 bits per heavy atom. The van der Waals surface area contributed by atoms with Gasteiger partial charge in [-0.1, -0.05) is 18.2 Å². The SMILES string of the molecule is C=CCC[C@H](NC(=O)[C@@H](O)c1ccc(C(F)(F)F)cc1)C(=O)O. The first-order chi connectivity index (χ1) is 10.7. The van der Waals surface area contributed by atoms with Crippen LogP contribution < -0.4 is 5.32 Å². The summed E-state index contributed by atoms with van der Waals surface area (Å²) in [5, 5.41) is 20.9. The molecule has 0 saturated carbocycles. The van der Waals surface area contributed by atoms with Crippen molar-refractivity contribution in [2.75, 3.05) is 0 Å². The Morgan fingerprint density at radius 2 is 1.83 bits per heavy atom. The molecule has 23 heavy (non-hydrogen) atoms. The number of carboxylic acid groups (broad SMARTS) is 1. The monoisotopic (exact) mass is 331 g/mol. The first-order valence-electron chi connectivity index (χ1n) is 6.66. The number of hydrogen-bond donors (Lipinski definition) is 3. The number of rotatable bonds is 7. The van der Waals surface area contributed by atoms with Crippen LogP contribution in [0.15, 0.2) is 36.9 Å². The van der Waals surface area contributed by atoms with E-state index >= 15 is 0 Å². The number of aliphatic hydroxyl groups excluding tert-OH is 1. The summed E-state index contributed by atoms with van der Waals surface area (Å²) in [6.07, 6.45) is -4.38. The lowest BCUT2D eigenvalue weighted by molar-refractivity contribution is -0.143. The molecule has 0 aromatic heterocycles. The van der Waals surface area contributed by atoms with Gasteiger partial charge in [-0.15, -0.1) is 6.58 Å². The maximum atomic E-state index is 12.4. The van der Waals surface area contributed by atoms with Crippen LogP contribution in [0, 0.1) is 0 Å². The minimum absolute atomic E-state index is 0.0663. The molecule has 0 aliphatic rings. The zero-order chi connectivity index (χ0) is 17.6. The molecule has 0 aliphatic heterocycles. The fourth-order valence-electron chi connectivity index (χ4n) is 1.80. The van der Waals surface area contributed by atoms with Gasteiger partial charge in [0.25, 0.3) is 5.91 Å². The van der Waals surface area contributed by atoms with E-state index in [2.05, 4.69) is 11.9 Å². The van der Waals surface area contributed by atoms with Gasteiger partial charge in [-0.05, 0) is 30.5 Å². The lowest BCUT2D eigenvalue weighted by Gasteiger charge is -2.17. The molecule has 3 N–H and O–H groups in total. The molecular formula is C15H16F3NO4. The highest BCUT2D eigenvalue weighted by atomic mass is 19.4. The molecule has 126 valence electrons. The molecule has 1 amide bonds. The zero-order valence-corrected chi connectivity index (χ0v) is 12.0. The molecule has 1 rings (SSSR count). The first kappa shape index (κ1) is 18.7. The standard InChI is InChI=1S/C15H16F3NO4/c1-2-3-4-11(14(22)23)19-13(21)12(20)9-5-7-10(8-6-9)15(16,17)18/h2,5-8,11-12,20H,1,3-4H2,(H,19,21)(H,22,23)/t11-,12-/m0/s1. The van der Waals surface area contributed by atoms with Crippen LogP contribution in [0.4, 0.5) is 13.2 Å². The molecule has 1 aromatic carbocycles. The van der Waals surface area contributed by atoms with Crippen molar-refractivity contribution >= 4 is 11.9 Å². The van der Waals surface area contributed by atoms with E-state index in [4.69, 9.17) is 5.11 Å². The average Bonchev–Trinajstić information content (AvgIpc) is 2.49. The summed E-state index contributed by atoms with van der Waals surface area (Å²) >= 11 is 0. The number of alkyl halides is 3. The van der Waals surface area contributed by atoms with Crippen LogP contribution in [-0.2, 0) is 15.8 Å². The van der Waals surface area contributed by atoms with Crippen molar-refractivity contribution in [3.8, 4) is 0 Å². The van der Waals surface area contributed by atoms with E-state index in [1.807, 2.05) is 0 Å². The number of carboxylic acids is 1. The number of hydrogen-bond acceptors (Lipinski definition) is 3. The van der Waals surface area contributed by atoms with Gasteiger partial charge in [-0.2, -0.15) is 13.2 Å². The Balaban J connectivity index is 2.79. The third-order valence-corrected chi connectivity index (χ3v) is 3.08. The number of halogens is 3. The second-order valence-corrected chi connectivity index (χ2v) is 4.79. The smallest absolute Gasteiger partial charge is 0.416 e. The largest absolute Gasteiger partial charge is 0.480 e. The Hall–Kier alpha value is -2.35. The Kier molecular flexibility index (Phi) is 6.32. The van der Waals surface area contributed by atoms with Crippen LogP contribution in [0.1, 0.15) is 30.1 Å². The van der Waals surface area contributed by atoms with Crippen molar-refractivity contribution in [1.82, 2.24) is 5.32 Å². The fourth-order valence-corrected chi connectivity index (χ4v) is 1.80. The predicted octanol–water partition coefficient (Wildman–Crippen LogP) is 2.27. The second kappa shape index (κ2) is 7.77. The van der Waals surface area contributed by atoms with E-state index in [9.17, 15) is 27.9 Å². The Morgan fingerprint density at radius 3 is 2.26 bits per heavy atom. The molecule has 0 spiro atoms. The summed E-state index contributed by atoms with van der Waals surface area (Å²) in [5.74, 6) is -2.28. The van der Waals surface area contributed by atoms with Gasteiger partial charge in [-0.25, -0.2) is 4.79 Å². The second-order valence-electron chi connectivity index (χ2n) is 4.79. The summed E-state index contributed by atoms with van der Waals surface area (Å²) in [5.41, 5.74) is -0.980. The maximum absolute atomic E-state index is 12.4. The Bertz CT molecular complexity index is 569. The van der Waals surface area contributed by atoms with Crippen molar-refractivity contribution in [3.63, 3.8) is 0 Å². The van der Waals surface area contributed by atoms with E-state index in [-0.39, 0.29) is 12.0 Å². The molecule has 0 radical (unpaired) electrons. The van der Waals surface area contributed by atoms with Gasteiger partial charge < -0.3 is 15.5 Å². The summed E-state index contributed by atoms with van der Waals surface area (Å²) in [6, 6.07) is 2.18. The molecule has 8 heteroatoms. The third-order valence-electron chi connectivity index (χ3n) is 3.08. The lowest BCUT2D eigenvalue weighted by atomic mass is 10.1. The number of carbonyl (C=O) groups is 2. The van der Waals surface area contributed by atoms with Crippen LogP contribution in [0.2, 0.25) is 0 Å². The normalized spacial score (nSPS) is 13.9. The molecular weight excluding hydrogens is 315 g/mol. The topological polar surface area (TPSA) is 86.6 Å². The number of aliphatic carboxylic acids is 1. The van der Waals surface area contributed by atoms with Crippen LogP contribution >= 0.6 is 0 Å². The maximum Gasteiger partial charge on any atom is 0.416 e. The van der Waals surface area contributed by atoms with Crippen LogP contribution in [-0.4, -0.2) is 28.1 Å². The van der Waals surface area contributed by atoms with Gasteiger partial charge in [0.2, 0.25) is 0 Å². The van der Waals surface area contributed by atoms with Crippen LogP contribution in [0.5, 0.6) is 0 Å². The molecule has 1 aromatic rings. The van der Waals surface area contributed by atoms with Crippen molar-refractivity contribution in [2.45, 2.75) is 31.2 Å². The van der Waals surface area contributed by atoms with E-state index < -0.39 is 35.8 Å². The van der Waals surface area contributed by atoms with E-state index in [0.717, 1.165) is 24.3 Å². The highest BCUT2D eigenvalue weighted by molar-refractivity contribution is 5.86. The van der Waals surface area contributed by atoms with Gasteiger partial charge in [0, 0.05) is 0 Å². The molecule has 0 bridgehead atoms. The minimum Gasteiger partial charge on any atom is -0.480 e. The molecule has 0 aliphatic carbocycles. The summed E-state index contributed by atoms with van der Waals surface area (Å²) in [6.45, 7) is 3.43. The van der Waals surface area contributed by atoms with Gasteiger partial charge in [0.1, 0.15) is 6.04 Å². The van der Waals surface area contributed by atoms with E-state index in [1.165, 1.54) is 6.08 Å². The van der Waals surface area contributed by atoms with Crippen LogP contribution in [0.3, 0.4) is 0 Å². The van der Waals surface area contributed by atoms with Gasteiger partial charge in [0.15, 0.2) is 6.10 Å². The van der Waals surface area contributed by atoms with E-state index in [0.29, 0.717) is 6.42 Å². The predicted molar refractivity (Wildman–Crippen MR) is 75.4 cm³/mol. The first-order valence-corrected chi connectivity index (χ1v) is 6.66. The van der Waals surface area contributed by atoms with Crippen molar-refractivity contribution in [3.05, 3.63) is 48.0 Å². The summed E-state index contributed by atoms with van der Waals surface area (Å²) in [7, 11) is 0. The number of aliphatic hydroxyl groups is 1. The number of nitrogens with one attached hydrogen (secondary N) is 1. The number of benzene rings is 1. The molecule has 2 atom stereocenters. The zero-order valence-electron chi connectivity index (χ0n) is 12.0. The fraction of sp³-hybridized carbons (Fsp3) is 0.333. The van der Waals surface area contributed by atoms with Gasteiger partial charge in [0.05, 0.1) is 5.56 Å². The number of amides is 1. The van der Waals surface area contributed by atoms with Crippen molar-refractivity contribution in [1.29, 1.82) is 0 Å². The highest BCUT2D eigenvalue weighted by Crippen LogP contribution is 2.29. The average molecular weight is 331 g/mol. The van der Waals surface area contributed by atoms with Crippen molar-refractivity contribution < 1.29 is 33.0 Å². The quantitative estimate of drug-likeness (QED) is 0.669. The Labute approximate surface area is 130 Å². The van der Waals surface area contributed by atoms with E-state index in [1.54, 1.807) is 0 Å². The van der Waals surface area contributed by atoms with Gasteiger partial charge >= 0.3 is 12.1 Å². The molecule has 0 saturated heterocycles. The molecule has 0 fully saturated rings. The molecule has 0 unspecified atom stereocenters. The van der Waals surface area contributed by atoms with Gasteiger partial charge in [-0.3, -0.25) is 4.79 Å². The van der Waals surface area contributed by atoms with Crippen LogP contribution in [0.25, 0.3) is 0 Å². The summed E-state index contributed by atoms with van der Waals surface area (Å²) in [4.78, 5) is 22.8. The van der Waals surface area contributed by atoms with Crippen molar-refractivity contribution in [2.24, 2.45) is 0 Å². The lowest BCUT2D eigenvalue weighted by Crippen LogP contribution is -2.43. The molecule has 5 nitrogen and oxygen atoms in total. The number of allylic oxidation sites excluding steroid dienone is 1. The summed E-state index contributed by atoms with van der Waals surface area (Å²) < 4.78 is 37.3. The minimum atomic E-state index is -4.52. The number of carbonyl (C=O) groups excluding carboxylic acids is 1. The highest BCUT2D eigenvalue weighted by Gasteiger charge is 2.31. The molecule has 0 heterocycles.